The van der Waals surface area contributed by atoms with Crippen LogP contribution in [0.4, 0.5) is 0 Å². The summed E-state index contributed by atoms with van der Waals surface area (Å²) in [6.45, 7) is 2.95. The number of amides is 1. The van der Waals surface area contributed by atoms with E-state index in [9.17, 15) is 13.2 Å². The van der Waals surface area contributed by atoms with Gasteiger partial charge in [-0.05, 0) is 38.0 Å². The minimum atomic E-state index is -3.62. The van der Waals surface area contributed by atoms with E-state index in [-0.39, 0.29) is 22.9 Å². The number of nitrogens with one attached hydrogen (secondary N) is 1. The summed E-state index contributed by atoms with van der Waals surface area (Å²) in [5.74, 6) is -0.200. The Morgan fingerprint density at radius 1 is 1.29 bits per heavy atom. The summed E-state index contributed by atoms with van der Waals surface area (Å²) in [7, 11) is -3.62. The van der Waals surface area contributed by atoms with E-state index in [2.05, 4.69) is 5.32 Å². The first kappa shape index (κ1) is 17.4. The van der Waals surface area contributed by atoms with E-state index in [1.165, 1.54) is 10.4 Å². The molecule has 3 rings (SSSR count). The van der Waals surface area contributed by atoms with Gasteiger partial charge in [0.25, 0.3) is 5.91 Å². The topological polar surface area (TPSA) is 75.7 Å². The van der Waals surface area contributed by atoms with Crippen LogP contribution in [-0.2, 0) is 14.8 Å². The fourth-order valence-electron chi connectivity index (χ4n) is 3.34. The van der Waals surface area contributed by atoms with Gasteiger partial charge in [0.2, 0.25) is 10.0 Å². The summed E-state index contributed by atoms with van der Waals surface area (Å²) in [6.07, 6.45) is 4.26. The SMILES string of the molecule is CC1COCCN1S(=O)(=O)c1cccc(C(=O)NC2CCCC2)c1. The Kier molecular flexibility index (Phi) is 5.22. The van der Waals surface area contributed by atoms with Gasteiger partial charge in [-0.1, -0.05) is 18.9 Å². The molecule has 2 fully saturated rings. The summed E-state index contributed by atoms with van der Waals surface area (Å²) < 4.78 is 32.5. The maximum Gasteiger partial charge on any atom is 0.251 e. The fourth-order valence-corrected chi connectivity index (χ4v) is 4.99. The van der Waals surface area contributed by atoms with Crippen LogP contribution in [0.1, 0.15) is 43.0 Å². The Labute approximate surface area is 143 Å². The highest BCUT2D eigenvalue weighted by Crippen LogP contribution is 2.22. The molecule has 1 N–H and O–H groups in total. The summed E-state index contributed by atoms with van der Waals surface area (Å²) in [4.78, 5) is 12.5. The van der Waals surface area contributed by atoms with Gasteiger partial charge in [-0.3, -0.25) is 4.79 Å². The Balaban J connectivity index is 1.80. The zero-order valence-corrected chi connectivity index (χ0v) is 14.7. The van der Waals surface area contributed by atoms with Crippen molar-refractivity contribution in [2.75, 3.05) is 19.8 Å². The predicted octanol–water partition coefficient (Wildman–Crippen LogP) is 1.77. The lowest BCUT2D eigenvalue weighted by Crippen LogP contribution is -2.47. The lowest BCUT2D eigenvalue weighted by Gasteiger charge is -2.32. The van der Waals surface area contributed by atoms with E-state index in [0.29, 0.717) is 25.3 Å². The molecule has 1 saturated carbocycles. The zero-order valence-electron chi connectivity index (χ0n) is 13.9. The van der Waals surface area contributed by atoms with Crippen LogP contribution in [0.2, 0.25) is 0 Å². The van der Waals surface area contributed by atoms with Crippen LogP contribution in [0.15, 0.2) is 29.2 Å². The van der Waals surface area contributed by atoms with Gasteiger partial charge in [-0.2, -0.15) is 4.31 Å². The normalized spacial score (nSPS) is 23.3. The molecule has 0 radical (unpaired) electrons. The third kappa shape index (κ3) is 3.63. The second kappa shape index (κ2) is 7.21. The molecule has 1 aliphatic heterocycles. The quantitative estimate of drug-likeness (QED) is 0.896. The summed E-state index contributed by atoms with van der Waals surface area (Å²) in [6, 6.07) is 6.30. The van der Waals surface area contributed by atoms with E-state index < -0.39 is 10.0 Å². The van der Waals surface area contributed by atoms with Crippen molar-refractivity contribution in [3.63, 3.8) is 0 Å². The Bertz CT molecular complexity index is 698. The Morgan fingerprint density at radius 3 is 2.75 bits per heavy atom. The number of hydrogen-bond donors (Lipinski definition) is 1. The van der Waals surface area contributed by atoms with Gasteiger partial charge in [0.15, 0.2) is 0 Å². The standard InChI is InChI=1S/C17H24N2O4S/c1-13-12-23-10-9-19(13)24(21,22)16-8-4-5-14(11-16)17(20)18-15-6-2-3-7-15/h4-5,8,11,13,15H,2-3,6-7,9-10,12H2,1H3,(H,18,20). The van der Waals surface area contributed by atoms with Crippen LogP contribution >= 0.6 is 0 Å². The van der Waals surface area contributed by atoms with Crippen molar-refractivity contribution in [1.82, 2.24) is 9.62 Å². The maximum atomic E-state index is 12.9. The van der Waals surface area contributed by atoms with Crippen LogP contribution in [0.3, 0.4) is 0 Å². The Morgan fingerprint density at radius 2 is 2.04 bits per heavy atom. The number of carbonyl (C=O) groups is 1. The summed E-state index contributed by atoms with van der Waals surface area (Å²) in [5, 5.41) is 2.99. The van der Waals surface area contributed by atoms with Gasteiger partial charge < -0.3 is 10.1 Å². The van der Waals surface area contributed by atoms with Crippen molar-refractivity contribution < 1.29 is 17.9 Å². The summed E-state index contributed by atoms with van der Waals surface area (Å²) in [5.41, 5.74) is 0.392. The van der Waals surface area contributed by atoms with Gasteiger partial charge in [0.1, 0.15) is 0 Å². The third-order valence-corrected chi connectivity index (χ3v) is 6.71. The first-order valence-corrected chi connectivity index (χ1v) is 9.93. The van der Waals surface area contributed by atoms with Crippen molar-refractivity contribution in [2.24, 2.45) is 0 Å². The summed E-state index contributed by atoms with van der Waals surface area (Å²) >= 11 is 0. The van der Waals surface area contributed by atoms with E-state index >= 15 is 0 Å². The van der Waals surface area contributed by atoms with Gasteiger partial charge in [0, 0.05) is 24.2 Å². The molecule has 7 heteroatoms. The largest absolute Gasteiger partial charge is 0.378 e. The van der Waals surface area contributed by atoms with Crippen molar-refractivity contribution in [3.8, 4) is 0 Å². The van der Waals surface area contributed by atoms with E-state index in [1.807, 2.05) is 6.92 Å². The van der Waals surface area contributed by atoms with E-state index in [1.54, 1.807) is 18.2 Å². The highest BCUT2D eigenvalue weighted by molar-refractivity contribution is 7.89. The molecule has 0 aromatic heterocycles. The number of morpholine rings is 1. The van der Waals surface area contributed by atoms with Crippen LogP contribution in [0.5, 0.6) is 0 Å². The molecule has 1 unspecified atom stereocenters. The monoisotopic (exact) mass is 352 g/mol. The molecule has 132 valence electrons. The second-order valence-electron chi connectivity index (χ2n) is 6.52. The number of hydrogen-bond acceptors (Lipinski definition) is 4. The molecule has 0 bridgehead atoms. The lowest BCUT2D eigenvalue weighted by atomic mass is 10.2. The molecular weight excluding hydrogens is 328 g/mol. The van der Waals surface area contributed by atoms with Gasteiger partial charge in [0.05, 0.1) is 18.1 Å². The number of rotatable bonds is 4. The van der Waals surface area contributed by atoms with Crippen LogP contribution in [0.25, 0.3) is 0 Å². The molecule has 1 aromatic carbocycles. The zero-order chi connectivity index (χ0) is 17.2. The number of sulfonamides is 1. The predicted molar refractivity (Wildman–Crippen MR) is 90.3 cm³/mol. The molecule has 6 nitrogen and oxygen atoms in total. The molecule has 1 amide bonds. The smallest absolute Gasteiger partial charge is 0.251 e. The van der Waals surface area contributed by atoms with Gasteiger partial charge in [-0.25, -0.2) is 8.42 Å². The molecule has 1 atom stereocenters. The second-order valence-corrected chi connectivity index (χ2v) is 8.41. The number of benzene rings is 1. The van der Waals surface area contributed by atoms with Gasteiger partial charge >= 0.3 is 0 Å². The molecular formula is C17H24N2O4S. The number of ether oxygens (including phenoxy) is 1. The number of carbonyl (C=O) groups excluding carboxylic acids is 1. The van der Waals surface area contributed by atoms with Crippen molar-refractivity contribution in [1.29, 1.82) is 0 Å². The molecule has 24 heavy (non-hydrogen) atoms. The van der Waals surface area contributed by atoms with E-state index in [4.69, 9.17) is 4.74 Å². The van der Waals surface area contributed by atoms with Crippen molar-refractivity contribution in [3.05, 3.63) is 29.8 Å². The van der Waals surface area contributed by atoms with Crippen LogP contribution < -0.4 is 5.32 Å². The first-order chi connectivity index (χ1) is 11.5. The molecule has 1 saturated heterocycles. The molecule has 0 spiro atoms. The van der Waals surface area contributed by atoms with Gasteiger partial charge in [-0.15, -0.1) is 0 Å². The van der Waals surface area contributed by atoms with Crippen molar-refractivity contribution >= 4 is 15.9 Å². The van der Waals surface area contributed by atoms with Crippen LogP contribution in [-0.4, -0.2) is 50.5 Å². The average molecular weight is 352 g/mol. The highest BCUT2D eigenvalue weighted by atomic mass is 32.2. The minimum Gasteiger partial charge on any atom is -0.378 e. The molecule has 1 heterocycles. The Hall–Kier alpha value is -1.44. The van der Waals surface area contributed by atoms with Crippen LogP contribution in [0, 0.1) is 0 Å². The number of nitrogens with zero attached hydrogens (tertiary/aromatic N) is 1. The lowest BCUT2D eigenvalue weighted by molar-refractivity contribution is 0.0392. The first-order valence-electron chi connectivity index (χ1n) is 8.49. The third-order valence-electron chi connectivity index (χ3n) is 4.70. The molecule has 2 aliphatic rings. The fraction of sp³-hybridized carbons (Fsp3) is 0.588. The molecule has 1 aliphatic carbocycles. The minimum absolute atomic E-state index is 0.162. The average Bonchev–Trinajstić information content (AvgIpc) is 3.08. The molecule has 1 aromatic rings. The highest BCUT2D eigenvalue weighted by Gasteiger charge is 2.32. The van der Waals surface area contributed by atoms with Crippen molar-refractivity contribution in [2.45, 2.75) is 49.6 Å². The maximum absolute atomic E-state index is 12.9. The van der Waals surface area contributed by atoms with E-state index in [0.717, 1.165) is 25.7 Å².